The van der Waals surface area contributed by atoms with Crippen LogP contribution < -0.4 is 10.6 Å². The normalized spacial score (nSPS) is 12.6. The van der Waals surface area contributed by atoms with Crippen LogP contribution in [0.15, 0.2) is 18.3 Å². The highest BCUT2D eigenvalue weighted by atomic mass is 16.6. The number of carbonyl (C=O) groups excluding carboxylic acids is 1. The first-order valence-corrected chi connectivity index (χ1v) is 7.96. The number of aryl methyl sites for hydroxylation is 1. The molecule has 1 heterocycles. The van der Waals surface area contributed by atoms with Crippen LogP contribution in [0.25, 0.3) is 0 Å². The molecule has 0 radical (unpaired) electrons. The van der Waals surface area contributed by atoms with Gasteiger partial charge in [-0.05, 0) is 52.7 Å². The van der Waals surface area contributed by atoms with Crippen molar-refractivity contribution in [3.05, 3.63) is 24.0 Å². The van der Waals surface area contributed by atoms with Gasteiger partial charge in [0, 0.05) is 25.9 Å². The van der Waals surface area contributed by atoms with Gasteiger partial charge in [0.25, 0.3) is 0 Å². The third-order valence-corrected chi connectivity index (χ3v) is 3.13. The van der Waals surface area contributed by atoms with Crippen molar-refractivity contribution in [1.29, 1.82) is 0 Å². The summed E-state index contributed by atoms with van der Waals surface area (Å²) in [5.74, 6) is 0. The van der Waals surface area contributed by atoms with Crippen LogP contribution in [0, 0.1) is 6.92 Å². The molecule has 6 heteroatoms. The first-order valence-electron chi connectivity index (χ1n) is 7.96. The van der Waals surface area contributed by atoms with Gasteiger partial charge in [0.2, 0.25) is 0 Å². The van der Waals surface area contributed by atoms with E-state index in [0.29, 0.717) is 13.2 Å². The maximum Gasteiger partial charge on any atom is 0.407 e. The maximum absolute atomic E-state index is 11.6. The van der Waals surface area contributed by atoms with E-state index in [1.54, 1.807) is 13.3 Å². The molecule has 0 aromatic carbocycles. The second-order valence-corrected chi connectivity index (χ2v) is 6.50. The lowest BCUT2D eigenvalue weighted by atomic mass is 10.1. The Morgan fingerprint density at radius 2 is 2.13 bits per heavy atom. The number of nitrogens with one attached hydrogen (secondary N) is 2. The van der Waals surface area contributed by atoms with Gasteiger partial charge >= 0.3 is 6.09 Å². The Morgan fingerprint density at radius 1 is 1.39 bits per heavy atom. The van der Waals surface area contributed by atoms with E-state index in [1.165, 1.54) is 0 Å². The molecule has 0 spiro atoms. The second-order valence-electron chi connectivity index (χ2n) is 6.50. The number of nitrogens with zero attached hydrogens (tertiary/aromatic N) is 1. The minimum atomic E-state index is -0.470. The monoisotopic (exact) mass is 323 g/mol. The Kier molecular flexibility index (Phi) is 7.81. The molecule has 0 aliphatic heterocycles. The van der Waals surface area contributed by atoms with Gasteiger partial charge in [-0.15, -0.1) is 0 Å². The van der Waals surface area contributed by atoms with Crippen LogP contribution >= 0.6 is 0 Å². The smallest absolute Gasteiger partial charge is 0.407 e. The fourth-order valence-corrected chi connectivity index (χ4v) is 2.11. The van der Waals surface area contributed by atoms with Crippen LogP contribution in [-0.4, -0.2) is 43.0 Å². The van der Waals surface area contributed by atoms with Crippen LogP contribution in [0.4, 0.5) is 10.5 Å². The highest BCUT2D eigenvalue weighted by molar-refractivity contribution is 5.67. The van der Waals surface area contributed by atoms with E-state index in [4.69, 9.17) is 9.47 Å². The zero-order chi connectivity index (χ0) is 17.3. The van der Waals surface area contributed by atoms with E-state index in [-0.39, 0.29) is 12.1 Å². The fourth-order valence-electron chi connectivity index (χ4n) is 2.11. The number of aromatic nitrogens is 1. The lowest BCUT2D eigenvalue weighted by Crippen LogP contribution is -2.34. The fraction of sp³-hybridized carbons (Fsp3) is 0.647. The third-order valence-electron chi connectivity index (χ3n) is 3.13. The van der Waals surface area contributed by atoms with Crippen LogP contribution in [-0.2, 0) is 9.47 Å². The standard InChI is InChI=1S/C17H29N3O3/c1-13-15(9-7-10-18-13)20-14(12-22-5)8-6-11-19-16(21)23-17(2,3)4/h7,9-10,14,20H,6,8,11-12H2,1-5H3,(H,19,21). The summed E-state index contributed by atoms with van der Waals surface area (Å²) in [6.07, 6.45) is 3.10. The summed E-state index contributed by atoms with van der Waals surface area (Å²) in [5, 5.41) is 6.21. The lowest BCUT2D eigenvalue weighted by molar-refractivity contribution is 0.0526. The molecule has 0 fully saturated rings. The number of ether oxygens (including phenoxy) is 2. The van der Waals surface area contributed by atoms with Gasteiger partial charge < -0.3 is 20.1 Å². The van der Waals surface area contributed by atoms with Crippen molar-refractivity contribution in [2.75, 3.05) is 25.6 Å². The van der Waals surface area contributed by atoms with Crippen molar-refractivity contribution in [2.45, 2.75) is 52.2 Å². The summed E-state index contributed by atoms with van der Waals surface area (Å²) in [4.78, 5) is 15.9. The molecule has 0 aliphatic carbocycles. The molecule has 23 heavy (non-hydrogen) atoms. The molecular formula is C17H29N3O3. The summed E-state index contributed by atoms with van der Waals surface area (Å²) in [6.45, 7) is 8.68. The lowest BCUT2D eigenvalue weighted by Gasteiger charge is -2.21. The van der Waals surface area contributed by atoms with E-state index in [2.05, 4.69) is 15.6 Å². The number of hydrogen-bond acceptors (Lipinski definition) is 5. The third kappa shape index (κ3) is 8.40. The minimum absolute atomic E-state index is 0.170. The van der Waals surface area contributed by atoms with Crippen LogP contribution in [0.3, 0.4) is 0 Å². The topological polar surface area (TPSA) is 72.5 Å². The largest absolute Gasteiger partial charge is 0.444 e. The predicted molar refractivity (Wildman–Crippen MR) is 91.7 cm³/mol. The summed E-state index contributed by atoms with van der Waals surface area (Å²) >= 11 is 0. The summed E-state index contributed by atoms with van der Waals surface area (Å²) in [6, 6.07) is 4.08. The number of pyridine rings is 1. The van der Waals surface area contributed by atoms with Gasteiger partial charge in [-0.3, -0.25) is 4.98 Å². The van der Waals surface area contributed by atoms with E-state index < -0.39 is 5.60 Å². The Bertz CT molecular complexity index is 486. The van der Waals surface area contributed by atoms with Crippen molar-refractivity contribution in [2.24, 2.45) is 0 Å². The van der Waals surface area contributed by atoms with Gasteiger partial charge in [0.1, 0.15) is 5.60 Å². The number of rotatable bonds is 8. The molecule has 0 saturated carbocycles. The number of hydrogen-bond donors (Lipinski definition) is 2. The van der Waals surface area contributed by atoms with E-state index >= 15 is 0 Å². The number of anilines is 1. The maximum atomic E-state index is 11.6. The minimum Gasteiger partial charge on any atom is -0.444 e. The van der Waals surface area contributed by atoms with Crippen LogP contribution in [0.2, 0.25) is 0 Å². The molecule has 1 aromatic rings. The number of alkyl carbamates (subject to hydrolysis) is 1. The molecule has 0 aliphatic rings. The van der Waals surface area contributed by atoms with Crippen LogP contribution in [0.5, 0.6) is 0 Å². The van der Waals surface area contributed by atoms with E-state index in [9.17, 15) is 4.79 Å². The molecule has 130 valence electrons. The molecule has 1 unspecified atom stereocenters. The number of amides is 1. The zero-order valence-corrected chi connectivity index (χ0v) is 14.8. The van der Waals surface area contributed by atoms with Gasteiger partial charge in [-0.25, -0.2) is 4.79 Å². The Morgan fingerprint density at radius 3 is 2.74 bits per heavy atom. The van der Waals surface area contributed by atoms with Crippen molar-refractivity contribution in [3.63, 3.8) is 0 Å². The molecular weight excluding hydrogens is 294 g/mol. The quantitative estimate of drug-likeness (QED) is 0.719. The van der Waals surface area contributed by atoms with Gasteiger partial charge in [0.15, 0.2) is 0 Å². The van der Waals surface area contributed by atoms with E-state index in [1.807, 2.05) is 39.8 Å². The molecule has 1 atom stereocenters. The molecule has 1 amide bonds. The average Bonchev–Trinajstić information content (AvgIpc) is 2.44. The van der Waals surface area contributed by atoms with Gasteiger partial charge in [-0.1, -0.05) is 0 Å². The first kappa shape index (κ1) is 19.2. The highest BCUT2D eigenvalue weighted by Crippen LogP contribution is 2.14. The molecule has 0 bridgehead atoms. The summed E-state index contributed by atoms with van der Waals surface area (Å²) < 4.78 is 10.5. The Labute approximate surface area is 139 Å². The van der Waals surface area contributed by atoms with Crippen molar-refractivity contribution in [3.8, 4) is 0 Å². The second kappa shape index (κ2) is 9.35. The van der Waals surface area contributed by atoms with Crippen molar-refractivity contribution < 1.29 is 14.3 Å². The SMILES string of the molecule is COCC(CCCNC(=O)OC(C)(C)C)Nc1cccnc1C. The molecule has 6 nitrogen and oxygen atoms in total. The van der Waals surface area contributed by atoms with Crippen molar-refractivity contribution in [1.82, 2.24) is 10.3 Å². The summed E-state index contributed by atoms with van der Waals surface area (Å²) in [7, 11) is 1.68. The zero-order valence-electron chi connectivity index (χ0n) is 14.8. The Hall–Kier alpha value is -1.82. The van der Waals surface area contributed by atoms with Crippen LogP contribution in [0.1, 0.15) is 39.3 Å². The van der Waals surface area contributed by atoms with Crippen molar-refractivity contribution >= 4 is 11.8 Å². The number of carbonyl (C=O) groups is 1. The predicted octanol–water partition coefficient (Wildman–Crippen LogP) is 3.12. The molecule has 0 saturated heterocycles. The Balaban J connectivity index is 2.36. The highest BCUT2D eigenvalue weighted by Gasteiger charge is 2.16. The summed E-state index contributed by atoms with van der Waals surface area (Å²) in [5.41, 5.74) is 1.50. The average molecular weight is 323 g/mol. The molecule has 1 aromatic heterocycles. The molecule has 1 rings (SSSR count). The molecule has 2 N–H and O–H groups in total. The first-order chi connectivity index (χ1) is 10.8. The number of methoxy groups -OCH3 is 1. The van der Waals surface area contributed by atoms with Gasteiger partial charge in [0.05, 0.1) is 18.0 Å². The van der Waals surface area contributed by atoms with E-state index in [0.717, 1.165) is 24.2 Å². The van der Waals surface area contributed by atoms with Gasteiger partial charge in [-0.2, -0.15) is 0 Å².